The van der Waals surface area contributed by atoms with Crippen LogP contribution in [0, 0.1) is 20.8 Å². The third-order valence-corrected chi connectivity index (χ3v) is 6.57. The Morgan fingerprint density at radius 3 is 2.34 bits per heavy atom. The van der Waals surface area contributed by atoms with E-state index in [-0.39, 0.29) is 11.8 Å². The molecule has 1 saturated heterocycles. The Bertz CT molecular complexity index is 1170. The van der Waals surface area contributed by atoms with Crippen molar-refractivity contribution in [2.24, 2.45) is 0 Å². The summed E-state index contributed by atoms with van der Waals surface area (Å²) in [6.45, 7) is 8.71. The van der Waals surface area contributed by atoms with E-state index in [1.807, 2.05) is 68.1 Å². The van der Waals surface area contributed by atoms with Gasteiger partial charge in [-0.1, -0.05) is 40.2 Å². The van der Waals surface area contributed by atoms with E-state index in [0.29, 0.717) is 38.3 Å². The summed E-state index contributed by atoms with van der Waals surface area (Å²) in [7, 11) is 0. The standard InChI is InChI=1S/C25H27BrN4O2/c1-16-6-4-7-17(2)24(16)28-22(31)15-29-10-12-30(13-11-29)25(32)19-14-18(3)27-21-9-5-8-20(26)23(19)21/h4-9,14H,10-13,15H2,1-3H3,(H,28,31). The topological polar surface area (TPSA) is 65.5 Å². The number of aryl methyl sites for hydroxylation is 3. The Morgan fingerprint density at radius 2 is 1.66 bits per heavy atom. The number of benzene rings is 2. The average Bonchev–Trinajstić information content (AvgIpc) is 2.76. The van der Waals surface area contributed by atoms with Gasteiger partial charge < -0.3 is 10.2 Å². The van der Waals surface area contributed by atoms with Crippen molar-refractivity contribution in [3.8, 4) is 0 Å². The molecule has 2 aromatic carbocycles. The van der Waals surface area contributed by atoms with Gasteiger partial charge in [-0.3, -0.25) is 19.5 Å². The zero-order valence-electron chi connectivity index (χ0n) is 18.6. The number of piperazine rings is 1. The van der Waals surface area contributed by atoms with Gasteiger partial charge >= 0.3 is 0 Å². The number of rotatable bonds is 4. The number of pyridine rings is 1. The largest absolute Gasteiger partial charge is 0.336 e. The molecule has 7 heteroatoms. The maximum atomic E-state index is 13.3. The molecule has 0 aliphatic carbocycles. The summed E-state index contributed by atoms with van der Waals surface area (Å²) < 4.78 is 0.868. The van der Waals surface area contributed by atoms with E-state index >= 15 is 0 Å². The third kappa shape index (κ3) is 4.69. The second-order valence-electron chi connectivity index (χ2n) is 8.33. The molecule has 4 rings (SSSR count). The molecule has 0 unspecified atom stereocenters. The molecule has 1 N–H and O–H groups in total. The first kappa shape index (κ1) is 22.4. The Labute approximate surface area is 196 Å². The fourth-order valence-electron chi connectivity index (χ4n) is 4.22. The quantitative estimate of drug-likeness (QED) is 0.586. The van der Waals surface area contributed by atoms with Crippen LogP contribution in [0.5, 0.6) is 0 Å². The number of halogens is 1. The molecular formula is C25H27BrN4O2. The van der Waals surface area contributed by atoms with Crippen LogP contribution < -0.4 is 5.32 Å². The van der Waals surface area contributed by atoms with Crippen molar-refractivity contribution in [3.05, 3.63) is 69.3 Å². The number of nitrogens with zero attached hydrogens (tertiary/aromatic N) is 3. The highest BCUT2D eigenvalue weighted by Gasteiger charge is 2.25. The number of para-hydroxylation sites is 1. The molecule has 32 heavy (non-hydrogen) atoms. The normalized spacial score (nSPS) is 14.6. The Kier molecular flexibility index (Phi) is 6.58. The molecule has 2 heterocycles. The summed E-state index contributed by atoms with van der Waals surface area (Å²) in [5.41, 5.74) is 5.29. The molecule has 6 nitrogen and oxygen atoms in total. The summed E-state index contributed by atoms with van der Waals surface area (Å²) >= 11 is 3.58. The van der Waals surface area contributed by atoms with Crippen molar-refractivity contribution < 1.29 is 9.59 Å². The minimum atomic E-state index is -0.0261. The number of hydrogen-bond acceptors (Lipinski definition) is 4. The smallest absolute Gasteiger partial charge is 0.254 e. The van der Waals surface area contributed by atoms with E-state index in [1.54, 1.807) is 0 Å². The maximum absolute atomic E-state index is 13.3. The van der Waals surface area contributed by atoms with Crippen LogP contribution in [-0.2, 0) is 4.79 Å². The molecule has 166 valence electrons. The van der Waals surface area contributed by atoms with Crippen molar-refractivity contribution in [2.45, 2.75) is 20.8 Å². The molecule has 0 bridgehead atoms. The van der Waals surface area contributed by atoms with Crippen LogP contribution in [0.2, 0.25) is 0 Å². The van der Waals surface area contributed by atoms with Crippen LogP contribution >= 0.6 is 15.9 Å². The van der Waals surface area contributed by atoms with Gasteiger partial charge in [0.05, 0.1) is 17.6 Å². The van der Waals surface area contributed by atoms with E-state index in [9.17, 15) is 9.59 Å². The first-order valence-corrected chi connectivity index (χ1v) is 11.6. The zero-order chi connectivity index (χ0) is 22.8. The molecule has 0 saturated carbocycles. The summed E-state index contributed by atoms with van der Waals surface area (Å²) in [5, 5.41) is 3.89. The van der Waals surface area contributed by atoms with Crippen molar-refractivity contribution in [1.82, 2.24) is 14.8 Å². The van der Waals surface area contributed by atoms with Gasteiger partial charge in [0.25, 0.3) is 5.91 Å². The van der Waals surface area contributed by atoms with Crippen LogP contribution in [0.1, 0.15) is 27.2 Å². The lowest BCUT2D eigenvalue weighted by molar-refractivity contribution is -0.117. The van der Waals surface area contributed by atoms with Gasteiger partial charge in [0, 0.05) is 47.4 Å². The SMILES string of the molecule is Cc1cc(C(=O)N2CCN(CC(=O)Nc3c(C)cccc3C)CC2)c2c(Br)cccc2n1. The van der Waals surface area contributed by atoms with Crippen molar-refractivity contribution in [3.63, 3.8) is 0 Å². The summed E-state index contributed by atoms with van der Waals surface area (Å²) in [6, 6.07) is 13.6. The average molecular weight is 495 g/mol. The zero-order valence-corrected chi connectivity index (χ0v) is 20.2. The lowest BCUT2D eigenvalue weighted by Crippen LogP contribution is -2.50. The van der Waals surface area contributed by atoms with Crippen molar-refractivity contribution >= 4 is 44.3 Å². The summed E-state index contributed by atoms with van der Waals surface area (Å²) in [6.07, 6.45) is 0. The van der Waals surface area contributed by atoms with Crippen LogP contribution in [0.3, 0.4) is 0 Å². The number of carbonyl (C=O) groups excluding carboxylic acids is 2. The Morgan fingerprint density at radius 1 is 1.00 bits per heavy atom. The van der Waals surface area contributed by atoms with Gasteiger partial charge in [-0.2, -0.15) is 0 Å². The second-order valence-corrected chi connectivity index (χ2v) is 9.18. The van der Waals surface area contributed by atoms with Gasteiger partial charge in [-0.05, 0) is 50.1 Å². The van der Waals surface area contributed by atoms with Crippen molar-refractivity contribution in [1.29, 1.82) is 0 Å². The molecule has 1 fully saturated rings. The highest BCUT2D eigenvalue weighted by molar-refractivity contribution is 9.10. The monoisotopic (exact) mass is 494 g/mol. The van der Waals surface area contributed by atoms with E-state index < -0.39 is 0 Å². The number of aromatic nitrogens is 1. The molecule has 0 spiro atoms. The lowest BCUT2D eigenvalue weighted by Gasteiger charge is -2.34. The molecule has 3 aromatic rings. The van der Waals surface area contributed by atoms with Crippen LogP contribution in [0.15, 0.2) is 46.9 Å². The number of nitrogens with one attached hydrogen (secondary N) is 1. The van der Waals surface area contributed by atoms with Gasteiger partial charge in [0.2, 0.25) is 5.91 Å². The summed E-state index contributed by atoms with van der Waals surface area (Å²) in [5.74, 6) is -0.0195. The highest BCUT2D eigenvalue weighted by atomic mass is 79.9. The molecule has 1 aliphatic rings. The Hall–Kier alpha value is -2.77. The number of carbonyl (C=O) groups is 2. The Balaban J connectivity index is 1.41. The van der Waals surface area contributed by atoms with Gasteiger partial charge in [0.15, 0.2) is 0 Å². The number of hydrogen-bond donors (Lipinski definition) is 1. The van der Waals surface area contributed by atoms with E-state index in [4.69, 9.17) is 0 Å². The number of fused-ring (bicyclic) bond motifs is 1. The predicted molar refractivity (Wildman–Crippen MR) is 131 cm³/mol. The van der Waals surface area contributed by atoms with Crippen LogP contribution in [-0.4, -0.2) is 59.3 Å². The molecule has 2 amide bonds. The minimum Gasteiger partial charge on any atom is -0.336 e. The molecule has 1 aromatic heterocycles. The molecule has 1 aliphatic heterocycles. The summed E-state index contributed by atoms with van der Waals surface area (Å²) in [4.78, 5) is 34.5. The van der Waals surface area contributed by atoms with Crippen molar-refractivity contribution in [2.75, 3.05) is 38.0 Å². The van der Waals surface area contributed by atoms with Crippen LogP contribution in [0.4, 0.5) is 5.69 Å². The number of amides is 2. The fourth-order valence-corrected chi connectivity index (χ4v) is 4.79. The van der Waals surface area contributed by atoms with Crippen LogP contribution in [0.25, 0.3) is 10.9 Å². The maximum Gasteiger partial charge on any atom is 0.254 e. The van der Waals surface area contributed by atoms with Gasteiger partial charge in [0.1, 0.15) is 0 Å². The lowest BCUT2D eigenvalue weighted by atomic mass is 10.1. The molecular weight excluding hydrogens is 468 g/mol. The van der Waals surface area contributed by atoms with Gasteiger partial charge in [-0.25, -0.2) is 0 Å². The first-order valence-electron chi connectivity index (χ1n) is 10.8. The fraction of sp³-hybridized carbons (Fsp3) is 0.320. The number of anilines is 1. The first-order chi connectivity index (χ1) is 15.3. The van der Waals surface area contributed by atoms with Gasteiger partial charge in [-0.15, -0.1) is 0 Å². The third-order valence-electron chi connectivity index (χ3n) is 5.91. The van der Waals surface area contributed by atoms with E-state index in [0.717, 1.165) is 37.9 Å². The second kappa shape index (κ2) is 9.38. The predicted octanol–water partition coefficient (Wildman–Crippen LogP) is 4.32. The molecule has 0 atom stereocenters. The molecule has 0 radical (unpaired) electrons. The highest BCUT2D eigenvalue weighted by Crippen LogP contribution is 2.28. The van der Waals surface area contributed by atoms with E-state index in [1.165, 1.54) is 0 Å². The van der Waals surface area contributed by atoms with E-state index in [2.05, 4.69) is 31.1 Å². The minimum absolute atomic E-state index is 0.00652.